The Morgan fingerprint density at radius 1 is 1.36 bits per heavy atom. The molecule has 4 nitrogen and oxygen atoms in total. The van der Waals surface area contributed by atoms with Crippen molar-refractivity contribution in [3.8, 4) is 0 Å². The molecule has 0 saturated heterocycles. The molecule has 3 rings (SSSR count). The second-order valence-electron chi connectivity index (χ2n) is 6.07. The number of aromatic nitrogens is 1. The molecule has 6 heteroatoms. The van der Waals surface area contributed by atoms with Crippen molar-refractivity contribution >= 4 is 42.4 Å². The van der Waals surface area contributed by atoms with Crippen LogP contribution in [0.1, 0.15) is 30.9 Å². The van der Waals surface area contributed by atoms with E-state index in [-0.39, 0.29) is 11.3 Å². The second kappa shape index (κ2) is 5.39. The topological polar surface area (TPSA) is 43.4 Å². The summed E-state index contributed by atoms with van der Waals surface area (Å²) < 4.78 is 26.7. The first-order valence-electron chi connectivity index (χ1n) is 7.18. The van der Waals surface area contributed by atoms with E-state index in [0.29, 0.717) is 12.1 Å². The maximum absolute atomic E-state index is 11.8. The predicted molar refractivity (Wildman–Crippen MR) is 92.2 cm³/mol. The van der Waals surface area contributed by atoms with Gasteiger partial charge in [0.1, 0.15) is 9.84 Å². The predicted octanol–water partition coefficient (Wildman–Crippen LogP) is 4.40. The highest BCUT2D eigenvalue weighted by molar-refractivity contribution is 9.10. The molecule has 1 aromatic carbocycles. The van der Waals surface area contributed by atoms with Crippen LogP contribution in [0.3, 0.4) is 0 Å². The van der Waals surface area contributed by atoms with E-state index in [1.807, 2.05) is 25.3 Å². The number of rotatable bonds is 2. The van der Waals surface area contributed by atoms with Gasteiger partial charge in [0, 0.05) is 33.9 Å². The zero-order chi connectivity index (χ0) is 16.1. The Morgan fingerprint density at radius 2 is 2.09 bits per heavy atom. The number of aryl methyl sites for hydroxylation is 1. The third kappa shape index (κ3) is 2.57. The molecule has 1 aromatic heterocycles. The average molecular weight is 381 g/mol. The number of hydrogen-bond donors (Lipinski definition) is 0. The third-order valence-electron chi connectivity index (χ3n) is 4.58. The minimum Gasteiger partial charge on any atom is -0.343 e. The molecule has 1 aliphatic rings. The standard InChI is InChI=1S/C16H17BrN2O2S/c1-10-6-16-13(8-15(10)18-2)14(17)9-19(16)11-4-5-12(7-11)22(3,20)21/h6,8-9,11-12H,4-5,7H2,1,3H3/t11-,12-/m1/s1. The lowest BCUT2D eigenvalue weighted by molar-refractivity contribution is 0.531. The molecule has 22 heavy (non-hydrogen) atoms. The molecule has 0 bridgehead atoms. The minimum atomic E-state index is -2.97. The quantitative estimate of drug-likeness (QED) is 0.724. The van der Waals surface area contributed by atoms with Gasteiger partial charge in [-0.05, 0) is 59.8 Å². The van der Waals surface area contributed by atoms with Gasteiger partial charge in [0.2, 0.25) is 0 Å². The number of hydrogen-bond acceptors (Lipinski definition) is 2. The van der Waals surface area contributed by atoms with Gasteiger partial charge < -0.3 is 4.57 Å². The van der Waals surface area contributed by atoms with Gasteiger partial charge in [-0.3, -0.25) is 0 Å². The third-order valence-corrected chi connectivity index (χ3v) is 6.85. The summed E-state index contributed by atoms with van der Waals surface area (Å²) in [6.45, 7) is 9.17. The summed E-state index contributed by atoms with van der Waals surface area (Å²) in [5.74, 6) is 0. The zero-order valence-corrected chi connectivity index (χ0v) is 14.9. The number of nitrogens with zero attached hydrogens (tertiary/aromatic N) is 2. The van der Waals surface area contributed by atoms with E-state index >= 15 is 0 Å². The second-order valence-corrected chi connectivity index (χ2v) is 9.25. The highest BCUT2D eigenvalue weighted by atomic mass is 79.9. The first-order valence-corrected chi connectivity index (χ1v) is 9.93. The smallest absolute Gasteiger partial charge is 0.190 e. The summed E-state index contributed by atoms with van der Waals surface area (Å²) >= 11 is 3.57. The zero-order valence-electron chi connectivity index (χ0n) is 12.5. The van der Waals surface area contributed by atoms with Crippen molar-refractivity contribution in [2.45, 2.75) is 37.5 Å². The van der Waals surface area contributed by atoms with E-state index in [1.165, 1.54) is 6.26 Å². The fraction of sp³-hybridized carbons (Fsp3) is 0.438. The van der Waals surface area contributed by atoms with E-state index in [1.54, 1.807) is 0 Å². The monoisotopic (exact) mass is 380 g/mol. The van der Waals surface area contributed by atoms with Crippen molar-refractivity contribution in [2.24, 2.45) is 0 Å². The molecule has 2 aromatic rings. The van der Waals surface area contributed by atoms with Crippen molar-refractivity contribution in [1.29, 1.82) is 0 Å². The van der Waals surface area contributed by atoms with Gasteiger partial charge in [-0.1, -0.05) is 0 Å². The van der Waals surface area contributed by atoms with Crippen LogP contribution in [0.4, 0.5) is 5.69 Å². The van der Waals surface area contributed by atoms with Gasteiger partial charge in [-0.15, -0.1) is 0 Å². The molecular formula is C16H17BrN2O2S. The van der Waals surface area contributed by atoms with Gasteiger partial charge in [0.05, 0.1) is 11.8 Å². The first-order chi connectivity index (χ1) is 10.3. The van der Waals surface area contributed by atoms with Crippen LogP contribution in [-0.4, -0.2) is 24.5 Å². The van der Waals surface area contributed by atoms with Gasteiger partial charge in [-0.25, -0.2) is 13.3 Å². The molecule has 1 heterocycles. The van der Waals surface area contributed by atoms with Gasteiger partial charge in [0.25, 0.3) is 0 Å². The fourth-order valence-electron chi connectivity index (χ4n) is 3.33. The Balaban J connectivity index is 2.06. The lowest BCUT2D eigenvalue weighted by Crippen LogP contribution is -2.16. The summed E-state index contributed by atoms with van der Waals surface area (Å²) in [6.07, 6.45) is 5.61. The summed E-state index contributed by atoms with van der Waals surface area (Å²) in [4.78, 5) is 3.55. The number of fused-ring (bicyclic) bond motifs is 1. The molecule has 1 saturated carbocycles. The molecule has 2 atom stereocenters. The normalized spacial score (nSPS) is 22.1. The number of halogens is 1. The van der Waals surface area contributed by atoms with E-state index in [9.17, 15) is 8.42 Å². The molecule has 1 fully saturated rings. The first kappa shape index (κ1) is 15.6. The van der Waals surface area contributed by atoms with Crippen molar-refractivity contribution in [3.63, 3.8) is 0 Å². The van der Waals surface area contributed by atoms with Crippen LogP contribution in [0.2, 0.25) is 0 Å². The van der Waals surface area contributed by atoms with E-state index in [4.69, 9.17) is 6.57 Å². The van der Waals surface area contributed by atoms with Crippen LogP contribution in [0.25, 0.3) is 15.7 Å². The maximum atomic E-state index is 11.8. The van der Waals surface area contributed by atoms with Crippen LogP contribution in [0.15, 0.2) is 22.8 Å². The molecular weight excluding hydrogens is 364 g/mol. The Labute approximate surface area is 139 Å². The summed E-state index contributed by atoms with van der Waals surface area (Å²) in [7, 11) is -2.97. The van der Waals surface area contributed by atoms with Gasteiger partial charge in [-0.2, -0.15) is 0 Å². The van der Waals surface area contributed by atoms with E-state index < -0.39 is 9.84 Å². The molecule has 0 N–H and O–H groups in total. The van der Waals surface area contributed by atoms with Gasteiger partial charge in [0.15, 0.2) is 5.69 Å². The average Bonchev–Trinajstić information content (AvgIpc) is 3.03. The lowest BCUT2D eigenvalue weighted by atomic mass is 10.1. The summed E-state index contributed by atoms with van der Waals surface area (Å²) in [6, 6.07) is 4.13. The van der Waals surface area contributed by atoms with Gasteiger partial charge >= 0.3 is 0 Å². The van der Waals surface area contributed by atoms with Crippen LogP contribution in [0.5, 0.6) is 0 Å². The van der Waals surface area contributed by atoms with Crippen LogP contribution >= 0.6 is 15.9 Å². The highest BCUT2D eigenvalue weighted by Crippen LogP contribution is 2.40. The molecule has 0 spiro atoms. The van der Waals surface area contributed by atoms with Crippen LogP contribution in [-0.2, 0) is 9.84 Å². The Bertz CT molecular complexity index is 893. The van der Waals surface area contributed by atoms with Crippen LogP contribution in [0, 0.1) is 13.5 Å². The molecule has 1 aliphatic carbocycles. The molecule has 0 aliphatic heterocycles. The Kier molecular flexibility index (Phi) is 3.82. The molecule has 0 radical (unpaired) electrons. The number of benzene rings is 1. The van der Waals surface area contributed by atoms with Crippen molar-refractivity contribution < 1.29 is 8.42 Å². The van der Waals surface area contributed by atoms with E-state index in [0.717, 1.165) is 33.8 Å². The Morgan fingerprint density at radius 3 is 2.68 bits per heavy atom. The van der Waals surface area contributed by atoms with Crippen molar-refractivity contribution in [1.82, 2.24) is 4.57 Å². The highest BCUT2D eigenvalue weighted by Gasteiger charge is 2.33. The summed E-state index contributed by atoms with van der Waals surface area (Å²) in [5.41, 5.74) is 2.68. The van der Waals surface area contributed by atoms with Crippen molar-refractivity contribution in [3.05, 3.63) is 39.8 Å². The maximum Gasteiger partial charge on any atom is 0.190 e. The largest absolute Gasteiger partial charge is 0.343 e. The molecule has 0 unspecified atom stereocenters. The summed E-state index contributed by atoms with van der Waals surface area (Å²) in [5, 5.41) is 0.775. The molecule has 0 amide bonds. The SMILES string of the molecule is [C-]#[N+]c1cc2c(Br)cn([C@@H]3CC[C@@H](S(C)(=O)=O)C3)c2cc1C. The molecule has 116 valence electrons. The lowest BCUT2D eigenvalue weighted by Gasteiger charge is -2.15. The van der Waals surface area contributed by atoms with Crippen LogP contribution < -0.4 is 0 Å². The number of sulfone groups is 1. The minimum absolute atomic E-state index is 0.201. The van der Waals surface area contributed by atoms with Crippen molar-refractivity contribution in [2.75, 3.05) is 6.26 Å². The Hall–Kier alpha value is -1.32. The van der Waals surface area contributed by atoms with E-state index in [2.05, 4.69) is 25.3 Å². The fourth-order valence-corrected chi connectivity index (χ4v) is 5.00.